The predicted octanol–water partition coefficient (Wildman–Crippen LogP) is 5.81. The fourth-order valence-corrected chi connectivity index (χ4v) is 2.78. The number of anilines is 1. The summed E-state index contributed by atoms with van der Waals surface area (Å²) in [4.78, 5) is 12.5. The van der Waals surface area contributed by atoms with E-state index in [1.165, 1.54) is 0 Å². The molecule has 0 fully saturated rings. The molecule has 0 radical (unpaired) electrons. The molecule has 0 spiro atoms. The van der Waals surface area contributed by atoms with Gasteiger partial charge >= 0.3 is 6.03 Å². The minimum Gasteiger partial charge on any atom is -0.307 e. The normalized spacial score (nSPS) is 10.5. The number of halogens is 2. The molecule has 0 bridgehead atoms. The lowest BCUT2D eigenvalue weighted by atomic mass is 10.2. The lowest BCUT2D eigenvalue weighted by Gasteiger charge is -2.10. The zero-order valence-electron chi connectivity index (χ0n) is 11.5. The number of para-hydroxylation sites is 2. The third kappa shape index (κ3) is 3.15. The van der Waals surface area contributed by atoms with Crippen LogP contribution >= 0.6 is 31.9 Å². The van der Waals surface area contributed by atoms with Crippen molar-refractivity contribution >= 4 is 60.6 Å². The van der Waals surface area contributed by atoms with Gasteiger partial charge in [0.1, 0.15) is 0 Å². The molecule has 0 aliphatic carbocycles. The van der Waals surface area contributed by atoms with Crippen molar-refractivity contribution in [2.45, 2.75) is 0 Å². The first-order valence-electron chi connectivity index (χ1n) is 6.64. The Bertz CT molecular complexity index is 864. The molecule has 3 rings (SSSR count). The number of hydrogen-bond donors (Lipinski definition) is 1. The van der Waals surface area contributed by atoms with E-state index in [0.717, 1.165) is 25.5 Å². The van der Waals surface area contributed by atoms with Crippen molar-refractivity contribution in [3.63, 3.8) is 0 Å². The first-order valence-corrected chi connectivity index (χ1v) is 8.23. The number of nitrogens with one attached hydrogen (secondary N) is 1. The number of carbonyl (C=O) groups is 1. The second-order valence-corrected chi connectivity index (χ2v) is 7.47. The van der Waals surface area contributed by atoms with Crippen LogP contribution in [0.25, 0.3) is 17.0 Å². The predicted molar refractivity (Wildman–Crippen MR) is 98.6 cm³/mol. The van der Waals surface area contributed by atoms with Gasteiger partial charge in [-0.2, -0.15) is 0 Å². The van der Waals surface area contributed by atoms with Gasteiger partial charge in [-0.05, 0) is 61.7 Å². The molecular weight excluding hydrogens is 408 g/mol. The highest BCUT2D eigenvalue weighted by molar-refractivity contribution is 9.28. The molecule has 1 aromatic heterocycles. The molecule has 0 aliphatic heterocycles. The van der Waals surface area contributed by atoms with Crippen LogP contribution in [0.3, 0.4) is 0 Å². The summed E-state index contributed by atoms with van der Waals surface area (Å²) in [5.74, 6) is 0. The number of aromatic nitrogens is 1. The minimum atomic E-state index is -0.187. The fraction of sp³-hybridized carbons (Fsp3) is 0. The third-order valence-electron chi connectivity index (χ3n) is 3.29. The number of benzene rings is 2. The topological polar surface area (TPSA) is 34.0 Å². The molecule has 1 N–H and O–H groups in total. The summed E-state index contributed by atoms with van der Waals surface area (Å²) in [7, 11) is 0. The number of amides is 1. The average molecular weight is 420 g/mol. The number of rotatable bonds is 2. The summed E-state index contributed by atoms with van der Waals surface area (Å²) in [6, 6.07) is 17.2. The highest BCUT2D eigenvalue weighted by Crippen LogP contribution is 2.24. The molecule has 110 valence electrons. The van der Waals surface area contributed by atoms with E-state index in [0.29, 0.717) is 0 Å². The number of hydrogen-bond acceptors (Lipinski definition) is 1. The third-order valence-corrected chi connectivity index (χ3v) is 3.74. The van der Waals surface area contributed by atoms with Crippen LogP contribution in [0.4, 0.5) is 10.5 Å². The molecule has 0 saturated heterocycles. The van der Waals surface area contributed by atoms with Crippen LogP contribution in [0, 0.1) is 0 Å². The SMILES string of the molecule is O=C(Nc1ccccc1C=C(Br)Br)n1ccc2ccccc21. The van der Waals surface area contributed by atoms with Crippen LogP contribution < -0.4 is 5.32 Å². The lowest BCUT2D eigenvalue weighted by Crippen LogP contribution is -2.18. The summed E-state index contributed by atoms with van der Waals surface area (Å²) in [6.07, 6.45) is 3.67. The molecule has 0 unspecified atom stereocenters. The van der Waals surface area contributed by atoms with Gasteiger partial charge in [0, 0.05) is 17.3 Å². The smallest absolute Gasteiger partial charge is 0.307 e. The van der Waals surface area contributed by atoms with E-state index < -0.39 is 0 Å². The number of fused-ring (bicyclic) bond motifs is 1. The molecule has 22 heavy (non-hydrogen) atoms. The van der Waals surface area contributed by atoms with Gasteiger partial charge in [-0.15, -0.1) is 0 Å². The summed E-state index contributed by atoms with van der Waals surface area (Å²) in [6.45, 7) is 0. The Kier molecular flexibility index (Phi) is 4.45. The van der Waals surface area contributed by atoms with E-state index in [2.05, 4.69) is 37.2 Å². The number of nitrogens with zero attached hydrogens (tertiary/aromatic N) is 1. The van der Waals surface area contributed by atoms with Crippen molar-refractivity contribution in [3.05, 3.63) is 69.7 Å². The van der Waals surface area contributed by atoms with Crippen molar-refractivity contribution in [2.75, 3.05) is 5.32 Å². The maximum Gasteiger partial charge on any atom is 0.330 e. The lowest BCUT2D eigenvalue weighted by molar-refractivity contribution is 0.254. The van der Waals surface area contributed by atoms with E-state index in [1.807, 2.05) is 60.7 Å². The molecule has 1 heterocycles. The van der Waals surface area contributed by atoms with E-state index in [-0.39, 0.29) is 6.03 Å². The van der Waals surface area contributed by atoms with Crippen molar-refractivity contribution in [3.8, 4) is 0 Å². The maximum absolute atomic E-state index is 12.5. The van der Waals surface area contributed by atoms with E-state index in [1.54, 1.807) is 10.8 Å². The molecule has 0 saturated carbocycles. The Morgan fingerprint density at radius 3 is 2.55 bits per heavy atom. The Morgan fingerprint density at radius 1 is 1.00 bits per heavy atom. The fourth-order valence-electron chi connectivity index (χ4n) is 2.29. The summed E-state index contributed by atoms with van der Waals surface area (Å²) >= 11 is 6.69. The monoisotopic (exact) mass is 418 g/mol. The van der Waals surface area contributed by atoms with E-state index in [9.17, 15) is 4.79 Å². The van der Waals surface area contributed by atoms with E-state index in [4.69, 9.17) is 0 Å². The first kappa shape index (κ1) is 15.1. The highest BCUT2D eigenvalue weighted by atomic mass is 79.9. The standard InChI is InChI=1S/C17H12Br2N2O/c18-16(19)11-13-6-1-3-7-14(13)20-17(22)21-10-9-12-5-2-4-8-15(12)21/h1-11H,(H,20,22). The van der Waals surface area contributed by atoms with Crippen LogP contribution in [-0.2, 0) is 0 Å². The number of carbonyl (C=O) groups excluding carboxylic acids is 1. The molecule has 3 aromatic rings. The largest absolute Gasteiger partial charge is 0.330 e. The van der Waals surface area contributed by atoms with Gasteiger partial charge in [0.25, 0.3) is 0 Å². The van der Waals surface area contributed by atoms with Gasteiger partial charge in [0.15, 0.2) is 0 Å². The Morgan fingerprint density at radius 2 is 1.73 bits per heavy atom. The molecular formula is C17H12Br2N2O. The van der Waals surface area contributed by atoms with E-state index >= 15 is 0 Å². The zero-order valence-corrected chi connectivity index (χ0v) is 14.6. The van der Waals surface area contributed by atoms with Gasteiger partial charge in [0.2, 0.25) is 0 Å². The van der Waals surface area contributed by atoms with Gasteiger partial charge in [-0.3, -0.25) is 4.57 Å². The van der Waals surface area contributed by atoms with Crippen LogP contribution in [0.15, 0.2) is 64.2 Å². The van der Waals surface area contributed by atoms with Crippen molar-refractivity contribution in [1.82, 2.24) is 4.57 Å². The summed E-state index contributed by atoms with van der Waals surface area (Å²) < 4.78 is 2.42. The molecule has 0 aliphatic rings. The van der Waals surface area contributed by atoms with Crippen LogP contribution in [-0.4, -0.2) is 10.6 Å². The molecule has 0 atom stereocenters. The molecule has 5 heteroatoms. The second kappa shape index (κ2) is 6.50. The first-order chi connectivity index (χ1) is 10.6. The second-order valence-electron chi connectivity index (χ2n) is 4.70. The molecule has 1 amide bonds. The van der Waals surface area contributed by atoms with Crippen LogP contribution in [0.1, 0.15) is 5.56 Å². The summed E-state index contributed by atoms with van der Waals surface area (Å²) in [5, 5.41) is 3.98. The summed E-state index contributed by atoms with van der Waals surface area (Å²) in [5.41, 5.74) is 2.55. The van der Waals surface area contributed by atoms with Crippen molar-refractivity contribution < 1.29 is 4.79 Å². The van der Waals surface area contributed by atoms with Gasteiger partial charge in [-0.25, -0.2) is 4.79 Å². The molecule has 3 nitrogen and oxygen atoms in total. The molecule has 2 aromatic carbocycles. The quantitative estimate of drug-likeness (QED) is 0.558. The Hall–Kier alpha value is -1.85. The van der Waals surface area contributed by atoms with Crippen molar-refractivity contribution in [2.24, 2.45) is 0 Å². The average Bonchev–Trinajstić information content (AvgIpc) is 2.93. The highest BCUT2D eigenvalue weighted by Gasteiger charge is 2.10. The van der Waals surface area contributed by atoms with Gasteiger partial charge in [-0.1, -0.05) is 36.4 Å². The maximum atomic E-state index is 12.5. The zero-order chi connectivity index (χ0) is 15.5. The minimum absolute atomic E-state index is 0.187. The van der Waals surface area contributed by atoms with Gasteiger partial charge < -0.3 is 5.32 Å². The Balaban J connectivity index is 1.94. The van der Waals surface area contributed by atoms with Gasteiger partial charge in [0.05, 0.1) is 8.91 Å². The Labute approximate surface area is 144 Å². The van der Waals surface area contributed by atoms with Crippen molar-refractivity contribution in [1.29, 1.82) is 0 Å². The van der Waals surface area contributed by atoms with Crippen LogP contribution in [0.5, 0.6) is 0 Å². The van der Waals surface area contributed by atoms with Crippen LogP contribution in [0.2, 0.25) is 0 Å².